The lowest BCUT2D eigenvalue weighted by atomic mass is 10.0. The van der Waals surface area contributed by atoms with Gasteiger partial charge in [-0.1, -0.05) is 12.1 Å². The van der Waals surface area contributed by atoms with Gasteiger partial charge in [-0.25, -0.2) is 0 Å². The van der Waals surface area contributed by atoms with E-state index in [1.165, 1.54) is 0 Å². The molecule has 0 unspecified atom stereocenters. The number of methoxy groups -OCH3 is 1. The van der Waals surface area contributed by atoms with Crippen LogP contribution in [0.15, 0.2) is 30.5 Å². The van der Waals surface area contributed by atoms with E-state index in [1.807, 2.05) is 24.3 Å². The number of ether oxygens (including phenoxy) is 1. The average molecular weight is 230 g/mol. The summed E-state index contributed by atoms with van der Waals surface area (Å²) in [6.45, 7) is 0. The number of rotatable bonds is 4. The smallest absolute Gasteiger partial charge is 0.217 e. The van der Waals surface area contributed by atoms with E-state index in [0.29, 0.717) is 12.8 Å². The molecule has 0 saturated carbocycles. The molecule has 0 aliphatic rings. The maximum absolute atomic E-state index is 10.8. The second kappa shape index (κ2) is 4.82. The highest BCUT2D eigenvalue weighted by Gasteiger charge is 2.07. The summed E-state index contributed by atoms with van der Waals surface area (Å²) >= 11 is 0. The first-order chi connectivity index (χ1) is 8.22. The number of aryl methyl sites for hydroxylation is 1. The number of pyridine rings is 1. The van der Waals surface area contributed by atoms with Crippen molar-refractivity contribution in [3.05, 3.63) is 36.0 Å². The fraction of sp³-hybridized carbons (Fsp3) is 0.231. The first-order valence-corrected chi connectivity index (χ1v) is 5.41. The van der Waals surface area contributed by atoms with Crippen molar-refractivity contribution in [2.24, 2.45) is 5.73 Å². The molecule has 0 bridgehead atoms. The molecule has 2 rings (SSSR count). The van der Waals surface area contributed by atoms with Gasteiger partial charge in [0, 0.05) is 18.0 Å². The Hall–Kier alpha value is -2.10. The molecule has 0 fully saturated rings. The van der Waals surface area contributed by atoms with Crippen LogP contribution in [0.2, 0.25) is 0 Å². The van der Waals surface area contributed by atoms with E-state index in [9.17, 15) is 4.79 Å². The van der Waals surface area contributed by atoms with Gasteiger partial charge < -0.3 is 10.5 Å². The van der Waals surface area contributed by atoms with Crippen LogP contribution in [-0.2, 0) is 11.2 Å². The molecule has 0 aliphatic carbocycles. The van der Waals surface area contributed by atoms with E-state index in [1.54, 1.807) is 13.3 Å². The number of carbonyl (C=O) groups excluding carboxylic acids is 1. The Kier molecular flexibility index (Phi) is 3.23. The van der Waals surface area contributed by atoms with Crippen molar-refractivity contribution in [2.45, 2.75) is 12.8 Å². The third-order valence-electron chi connectivity index (χ3n) is 2.68. The van der Waals surface area contributed by atoms with Crippen molar-refractivity contribution in [3.8, 4) is 5.75 Å². The second-order valence-electron chi connectivity index (χ2n) is 3.79. The fourth-order valence-corrected chi connectivity index (χ4v) is 1.85. The molecular formula is C13H14N2O2. The topological polar surface area (TPSA) is 65.2 Å². The summed E-state index contributed by atoms with van der Waals surface area (Å²) in [6.07, 6.45) is 2.70. The van der Waals surface area contributed by atoms with Gasteiger partial charge in [0.2, 0.25) is 5.91 Å². The molecule has 0 radical (unpaired) electrons. The number of primary amides is 1. The van der Waals surface area contributed by atoms with E-state index in [-0.39, 0.29) is 5.91 Å². The van der Waals surface area contributed by atoms with Gasteiger partial charge in [-0.2, -0.15) is 0 Å². The quantitative estimate of drug-likeness (QED) is 0.868. The lowest BCUT2D eigenvalue weighted by Gasteiger charge is -2.08. The van der Waals surface area contributed by atoms with Crippen LogP contribution in [0, 0.1) is 0 Å². The molecule has 0 aliphatic heterocycles. The number of nitrogens with two attached hydrogens (primary N) is 1. The fourth-order valence-electron chi connectivity index (χ4n) is 1.85. The summed E-state index contributed by atoms with van der Waals surface area (Å²) in [5, 5.41) is 1.01. The molecule has 2 N–H and O–H groups in total. The lowest BCUT2D eigenvalue weighted by Crippen LogP contribution is -2.11. The maximum Gasteiger partial charge on any atom is 0.217 e. The van der Waals surface area contributed by atoms with Crippen molar-refractivity contribution < 1.29 is 9.53 Å². The molecule has 1 heterocycles. The van der Waals surface area contributed by atoms with Crippen LogP contribution in [0.5, 0.6) is 5.75 Å². The molecule has 0 atom stereocenters. The number of benzene rings is 1. The summed E-state index contributed by atoms with van der Waals surface area (Å²) in [6, 6.07) is 7.66. The van der Waals surface area contributed by atoms with Gasteiger partial charge in [0.15, 0.2) is 0 Å². The van der Waals surface area contributed by atoms with E-state index >= 15 is 0 Å². The Balaban J connectivity index is 2.47. The molecule has 1 aromatic heterocycles. The summed E-state index contributed by atoms with van der Waals surface area (Å²) in [4.78, 5) is 15.1. The standard InChI is InChI=1S/C13H14N2O2/c1-17-11-6-4-9(5-7-12(14)16)10-3-2-8-15-13(10)11/h2-4,6,8H,5,7H2,1H3,(H2,14,16). The first-order valence-electron chi connectivity index (χ1n) is 5.41. The molecular weight excluding hydrogens is 216 g/mol. The first kappa shape index (κ1) is 11.4. The van der Waals surface area contributed by atoms with Crippen LogP contribution in [0.4, 0.5) is 0 Å². The number of carbonyl (C=O) groups is 1. The summed E-state index contributed by atoms with van der Waals surface area (Å²) in [7, 11) is 1.62. The van der Waals surface area contributed by atoms with E-state index in [0.717, 1.165) is 22.2 Å². The molecule has 1 aromatic carbocycles. The van der Waals surface area contributed by atoms with E-state index < -0.39 is 0 Å². The Labute approximate surface area is 99.4 Å². The zero-order valence-corrected chi connectivity index (χ0v) is 9.64. The molecule has 0 spiro atoms. The van der Waals surface area contributed by atoms with Gasteiger partial charge in [0.1, 0.15) is 11.3 Å². The number of fused-ring (bicyclic) bond motifs is 1. The second-order valence-corrected chi connectivity index (χ2v) is 3.79. The lowest BCUT2D eigenvalue weighted by molar-refractivity contribution is -0.117. The molecule has 88 valence electrons. The third kappa shape index (κ3) is 2.36. The van der Waals surface area contributed by atoms with Crippen LogP contribution in [0.1, 0.15) is 12.0 Å². The van der Waals surface area contributed by atoms with Gasteiger partial charge in [-0.15, -0.1) is 0 Å². The predicted molar refractivity (Wildman–Crippen MR) is 65.8 cm³/mol. The Morgan fingerprint density at radius 2 is 2.24 bits per heavy atom. The number of hydrogen-bond donors (Lipinski definition) is 1. The zero-order valence-electron chi connectivity index (χ0n) is 9.64. The highest BCUT2D eigenvalue weighted by Crippen LogP contribution is 2.26. The molecule has 4 nitrogen and oxygen atoms in total. The number of hydrogen-bond acceptors (Lipinski definition) is 3. The predicted octanol–water partition coefficient (Wildman–Crippen LogP) is 1.66. The van der Waals surface area contributed by atoms with Gasteiger partial charge >= 0.3 is 0 Å². The van der Waals surface area contributed by atoms with E-state index in [2.05, 4.69) is 4.98 Å². The normalized spacial score (nSPS) is 10.4. The summed E-state index contributed by atoms with van der Waals surface area (Å²) < 4.78 is 5.25. The third-order valence-corrected chi connectivity index (χ3v) is 2.68. The van der Waals surface area contributed by atoms with Crippen molar-refractivity contribution in [1.82, 2.24) is 4.98 Å². The molecule has 1 amide bonds. The number of aromatic nitrogens is 1. The summed E-state index contributed by atoms with van der Waals surface area (Å²) in [5.41, 5.74) is 7.04. The molecule has 0 saturated heterocycles. The highest BCUT2D eigenvalue weighted by atomic mass is 16.5. The van der Waals surface area contributed by atoms with Crippen molar-refractivity contribution in [1.29, 1.82) is 0 Å². The van der Waals surface area contributed by atoms with Crippen LogP contribution < -0.4 is 10.5 Å². The maximum atomic E-state index is 10.8. The van der Waals surface area contributed by atoms with E-state index in [4.69, 9.17) is 10.5 Å². The number of amides is 1. The Bertz CT molecular complexity index is 552. The van der Waals surface area contributed by atoms with Gasteiger partial charge in [-0.3, -0.25) is 9.78 Å². The Morgan fingerprint density at radius 3 is 2.94 bits per heavy atom. The highest BCUT2D eigenvalue weighted by molar-refractivity contribution is 5.88. The monoisotopic (exact) mass is 230 g/mol. The Morgan fingerprint density at radius 1 is 1.41 bits per heavy atom. The van der Waals surface area contributed by atoms with Crippen LogP contribution in [-0.4, -0.2) is 18.0 Å². The van der Waals surface area contributed by atoms with Gasteiger partial charge in [0.25, 0.3) is 0 Å². The SMILES string of the molecule is COc1ccc(CCC(N)=O)c2cccnc12. The van der Waals surface area contributed by atoms with Crippen molar-refractivity contribution in [2.75, 3.05) is 7.11 Å². The van der Waals surface area contributed by atoms with Crippen LogP contribution in [0.3, 0.4) is 0 Å². The minimum Gasteiger partial charge on any atom is -0.494 e. The molecule has 2 aromatic rings. The molecule has 17 heavy (non-hydrogen) atoms. The zero-order chi connectivity index (χ0) is 12.3. The average Bonchev–Trinajstić information content (AvgIpc) is 2.35. The van der Waals surface area contributed by atoms with Crippen LogP contribution in [0.25, 0.3) is 10.9 Å². The van der Waals surface area contributed by atoms with Crippen LogP contribution >= 0.6 is 0 Å². The minimum atomic E-state index is -0.294. The van der Waals surface area contributed by atoms with Crippen molar-refractivity contribution in [3.63, 3.8) is 0 Å². The summed E-state index contributed by atoms with van der Waals surface area (Å²) in [5.74, 6) is 0.446. The molecule has 4 heteroatoms. The van der Waals surface area contributed by atoms with Crippen molar-refractivity contribution >= 4 is 16.8 Å². The largest absolute Gasteiger partial charge is 0.494 e. The van der Waals surface area contributed by atoms with Gasteiger partial charge in [0.05, 0.1) is 7.11 Å². The van der Waals surface area contributed by atoms with Gasteiger partial charge in [-0.05, 0) is 24.1 Å². The minimum absolute atomic E-state index is 0.294. The number of nitrogens with zero attached hydrogens (tertiary/aromatic N) is 1.